The molecule has 0 saturated carbocycles. The Bertz CT molecular complexity index is 750. The average molecular weight is 379 g/mol. The van der Waals surface area contributed by atoms with Crippen LogP contribution in [0.25, 0.3) is 0 Å². The van der Waals surface area contributed by atoms with Gasteiger partial charge >= 0.3 is 6.61 Å². The van der Waals surface area contributed by atoms with Crippen molar-refractivity contribution < 1.29 is 18.3 Å². The lowest BCUT2D eigenvalue weighted by atomic mass is 10.1. The molecule has 1 aliphatic heterocycles. The van der Waals surface area contributed by atoms with Gasteiger partial charge in [-0.3, -0.25) is 9.69 Å². The number of alkyl halides is 2. The predicted octanol–water partition coefficient (Wildman–Crippen LogP) is 1.28. The number of rotatable bonds is 7. The Morgan fingerprint density at radius 1 is 1.41 bits per heavy atom. The first-order valence-electron chi connectivity index (χ1n) is 8.75. The van der Waals surface area contributed by atoms with Gasteiger partial charge < -0.3 is 19.9 Å². The maximum Gasteiger partial charge on any atom is 0.387 e. The standard InChI is InChI=1S/C18H23F2N5O2/c1-24-8-7-22-17(24)15-11-21-6-9-25(15)12-16(26)23-10-13-2-4-14(5-3-13)27-18(19)20/h2-5,7-8,15,18,21H,6,9-12H2,1H3,(H,23,26). The Labute approximate surface area is 156 Å². The van der Waals surface area contributed by atoms with E-state index in [0.29, 0.717) is 6.54 Å². The van der Waals surface area contributed by atoms with Crippen molar-refractivity contribution in [2.75, 3.05) is 26.2 Å². The van der Waals surface area contributed by atoms with E-state index >= 15 is 0 Å². The summed E-state index contributed by atoms with van der Waals surface area (Å²) in [6.45, 7) is 0.0635. The van der Waals surface area contributed by atoms with E-state index in [0.717, 1.165) is 31.0 Å². The number of carbonyl (C=O) groups is 1. The first kappa shape index (κ1) is 19.2. The van der Waals surface area contributed by atoms with Crippen molar-refractivity contribution in [1.82, 2.24) is 25.1 Å². The Hall–Kier alpha value is -2.52. The normalized spacial score (nSPS) is 17.9. The van der Waals surface area contributed by atoms with Gasteiger partial charge in [-0.25, -0.2) is 4.98 Å². The molecule has 0 bridgehead atoms. The van der Waals surface area contributed by atoms with E-state index in [2.05, 4.69) is 25.3 Å². The number of halogens is 2. The van der Waals surface area contributed by atoms with Crippen LogP contribution in [0.5, 0.6) is 5.75 Å². The Balaban J connectivity index is 1.52. The van der Waals surface area contributed by atoms with Crippen LogP contribution in [-0.4, -0.2) is 53.1 Å². The molecule has 1 amide bonds. The molecule has 1 atom stereocenters. The van der Waals surface area contributed by atoms with Crippen molar-refractivity contribution in [3.63, 3.8) is 0 Å². The number of hydrogen-bond acceptors (Lipinski definition) is 5. The summed E-state index contributed by atoms with van der Waals surface area (Å²) in [5.41, 5.74) is 0.811. The molecule has 1 aromatic carbocycles. The highest BCUT2D eigenvalue weighted by Crippen LogP contribution is 2.20. The SMILES string of the molecule is Cn1ccnc1C1CNCCN1CC(=O)NCc1ccc(OC(F)F)cc1. The maximum absolute atomic E-state index is 12.4. The van der Waals surface area contributed by atoms with Gasteiger partial charge in [-0.2, -0.15) is 8.78 Å². The monoisotopic (exact) mass is 379 g/mol. The first-order valence-corrected chi connectivity index (χ1v) is 8.75. The quantitative estimate of drug-likeness (QED) is 0.759. The van der Waals surface area contributed by atoms with Crippen LogP contribution in [-0.2, 0) is 18.4 Å². The largest absolute Gasteiger partial charge is 0.435 e. The molecule has 27 heavy (non-hydrogen) atoms. The molecule has 0 spiro atoms. The predicted molar refractivity (Wildman–Crippen MR) is 95.3 cm³/mol. The van der Waals surface area contributed by atoms with Gasteiger partial charge in [0.2, 0.25) is 5.91 Å². The minimum absolute atomic E-state index is 0.0373. The number of ether oxygens (including phenoxy) is 1. The van der Waals surface area contributed by atoms with Crippen LogP contribution >= 0.6 is 0 Å². The number of aromatic nitrogens is 2. The fraction of sp³-hybridized carbons (Fsp3) is 0.444. The summed E-state index contributed by atoms with van der Waals surface area (Å²) in [7, 11) is 1.94. The second-order valence-electron chi connectivity index (χ2n) is 6.39. The zero-order valence-electron chi connectivity index (χ0n) is 15.1. The number of benzene rings is 1. The van der Waals surface area contributed by atoms with Crippen molar-refractivity contribution in [3.8, 4) is 5.75 Å². The second kappa shape index (κ2) is 8.92. The molecule has 0 aliphatic carbocycles. The Morgan fingerprint density at radius 3 is 2.85 bits per heavy atom. The van der Waals surface area contributed by atoms with Crippen molar-refractivity contribution in [2.24, 2.45) is 7.05 Å². The van der Waals surface area contributed by atoms with Crippen molar-refractivity contribution in [3.05, 3.63) is 48.0 Å². The molecule has 2 N–H and O–H groups in total. The lowest BCUT2D eigenvalue weighted by Crippen LogP contribution is -2.50. The van der Waals surface area contributed by atoms with Gasteiger partial charge in [0.25, 0.3) is 0 Å². The van der Waals surface area contributed by atoms with E-state index < -0.39 is 6.61 Å². The van der Waals surface area contributed by atoms with E-state index in [1.54, 1.807) is 18.3 Å². The second-order valence-corrected chi connectivity index (χ2v) is 6.39. The summed E-state index contributed by atoms with van der Waals surface area (Å²) in [5.74, 6) is 0.924. The number of nitrogens with one attached hydrogen (secondary N) is 2. The van der Waals surface area contributed by atoms with Gasteiger partial charge in [0, 0.05) is 45.6 Å². The van der Waals surface area contributed by atoms with Crippen molar-refractivity contribution >= 4 is 5.91 Å². The van der Waals surface area contributed by atoms with E-state index in [1.165, 1.54) is 12.1 Å². The molecule has 2 aromatic rings. The van der Waals surface area contributed by atoms with Gasteiger partial charge in [0.15, 0.2) is 0 Å². The topological polar surface area (TPSA) is 71.4 Å². The molecular formula is C18H23F2N5O2. The van der Waals surface area contributed by atoms with Gasteiger partial charge in [-0.1, -0.05) is 12.1 Å². The highest BCUT2D eigenvalue weighted by Gasteiger charge is 2.28. The summed E-state index contributed by atoms with van der Waals surface area (Å²) in [6.07, 6.45) is 3.65. The number of nitrogens with zero attached hydrogens (tertiary/aromatic N) is 3. The number of imidazole rings is 1. The maximum atomic E-state index is 12.4. The molecular weight excluding hydrogens is 356 g/mol. The summed E-state index contributed by atoms with van der Waals surface area (Å²) in [5, 5.41) is 6.21. The third-order valence-corrected chi connectivity index (χ3v) is 4.50. The van der Waals surface area contributed by atoms with Crippen LogP contribution in [0.3, 0.4) is 0 Å². The van der Waals surface area contributed by atoms with Crippen LogP contribution in [0, 0.1) is 0 Å². The van der Waals surface area contributed by atoms with Crippen LogP contribution in [0.1, 0.15) is 17.4 Å². The lowest BCUT2D eigenvalue weighted by Gasteiger charge is -2.35. The molecule has 0 radical (unpaired) electrons. The Morgan fingerprint density at radius 2 is 2.19 bits per heavy atom. The number of amides is 1. The van der Waals surface area contributed by atoms with Crippen molar-refractivity contribution in [1.29, 1.82) is 0 Å². The summed E-state index contributed by atoms with van der Waals surface area (Å²) in [6, 6.07) is 6.26. The van der Waals surface area contributed by atoms with Crippen LogP contribution in [0.2, 0.25) is 0 Å². The van der Waals surface area contributed by atoms with E-state index in [-0.39, 0.29) is 24.2 Å². The van der Waals surface area contributed by atoms with E-state index in [9.17, 15) is 13.6 Å². The smallest absolute Gasteiger partial charge is 0.387 e. The fourth-order valence-corrected chi connectivity index (χ4v) is 3.12. The molecule has 1 unspecified atom stereocenters. The van der Waals surface area contributed by atoms with Gasteiger partial charge in [0.05, 0.1) is 12.6 Å². The van der Waals surface area contributed by atoms with Crippen LogP contribution < -0.4 is 15.4 Å². The third-order valence-electron chi connectivity index (χ3n) is 4.50. The minimum Gasteiger partial charge on any atom is -0.435 e. The summed E-state index contributed by atoms with van der Waals surface area (Å²) in [4.78, 5) is 18.9. The molecule has 1 aromatic heterocycles. The lowest BCUT2D eigenvalue weighted by molar-refractivity contribution is -0.123. The van der Waals surface area contributed by atoms with Gasteiger partial charge in [-0.05, 0) is 17.7 Å². The molecule has 7 nitrogen and oxygen atoms in total. The summed E-state index contributed by atoms with van der Waals surface area (Å²) >= 11 is 0. The number of hydrogen-bond donors (Lipinski definition) is 2. The highest BCUT2D eigenvalue weighted by atomic mass is 19.3. The van der Waals surface area contributed by atoms with Gasteiger partial charge in [-0.15, -0.1) is 0 Å². The number of carbonyl (C=O) groups excluding carboxylic acids is 1. The molecule has 2 heterocycles. The molecule has 9 heteroatoms. The van der Waals surface area contributed by atoms with Crippen molar-refractivity contribution in [2.45, 2.75) is 19.2 Å². The van der Waals surface area contributed by atoms with Crippen LogP contribution in [0.4, 0.5) is 8.78 Å². The average Bonchev–Trinajstić information content (AvgIpc) is 3.07. The number of piperazine rings is 1. The molecule has 1 fully saturated rings. The third kappa shape index (κ3) is 5.24. The van der Waals surface area contributed by atoms with Crippen LogP contribution in [0.15, 0.2) is 36.7 Å². The zero-order valence-corrected chi connectivity index (χ0v) is 15.1. The van der Waals surface area contributed by atoms with Gasteiger partial charge in [0.1, 0.15) is 11.6 Å². The first-order chi connectivity index (χ1) is 13.0. The highest BCUT2D eigenvalue weighted by molar-refractivity contribution is 5.78. The zero-order chi connectivity index (χ0) is 19.2. The molecule has 1 saturated heterocycles. The summed E-state index contributed by atoms with van der Waals surface area (Å²) < 4.78 is 30.6. The Kier molecular flexibility index (Phi) is 6.36. The minimum atomic E-state index is -2.85. The molecule has 146 valence electrons. The fourth-order valence-electron chi connectivity index (χ4n) is 3.12. The molecule has 3 rings (SSSR count). The van der Waals surface area contributed by atoms with E-state index in [4.69, 9.17) is 0 Å². The van der Waals surface area contributed by atoms with E-state index in [1.807, 2.05) is 17.8 Å². The molecule has 1 aliphatic rings. The number of aryl methyl sites for hydroxylation is 1.